The summed E-state index contributed by atoms with van der Waals surface area (Å²) in [4.78, 5) is 22.2. The van der Waals surface area contributed by atoms with Gasteiger partial charge in [-0.05, 0) is 24.6 Å². The lowest BCUT2D eigenvalue weighted by Gasteiger charge is -2.05. The Hall–Kier alpha value is -1.88. The monoisotopic (exact) mass is 251 g/mol. The molecular weight excluding hydrogens is 234 g/mol. The first-order chi connectivity index (χ1) is 8.63. The highest BCUT2D eigenvalue weighted by molar-refractivity contribution is 5.87. The minimum Gasteiger partial charge on any atom is -0.478 e. The summed E-state index contributed by atoms with van der Waals surface area (Å²) < 4.78 is 5.10. The Labute approximate surface area is 106 Å². The summed E-state index contributed by atoms with van der Waals surface area (Å²) in [5.41, 5.74) is 1.00. The molecule has 0 unspecified atom stereocenters. The predicted octanol–water partition coefficient (Wildman–Crippen LogP) is 1.08. The Bertz CT molecular complexity index is 400. The highest BCUT2D eigenvalue weighted by atomic mass is 16.5. The molecule has 5 heteroatoms. The molecule has 0 saturated heterocycles. The largest absolute Gasteiger partial charge is 0.478 e. The average molecular weight is 251 g/mol. The molecule has 1 amide bonds. The molecule has 0 spiro atoms. The first kappa shape index (κ1) is 14.2. The molecule has 0 atom stereocenters. The quantitative estimate of drug-likeness (QED) is 0.711. The first-order valence-corrected chi connectivity index (χ1v) is 5.80. The number of amides is 1. The van der Waals surface area contributed by atoms with Gasteiger partial charge in [-0.15, -0.1) is 0 Å². The molecule has 0 aliphatic carbocycles. The molecule has 18 heavy (non-hydrogen) atoms. The molecule has 0 heterocycles. The van der Waals surface area contributed by atoms with Gasteiger partial charge in [-0.1, -0.05) is 12.1 Å². The number of rotatable bonds is 7. The summed E-state index contributed by atoms with van der Waals surface area (Å²) in [6.45, 7) is 3.51. The van der Waals surface area contributed by atoms with Crippen molar-refractivity contribution in [2.75, 3.05) is 19.8 Å². The van der Waals surface area contributed by atoms with Crippen LogP contribution in [0.1, 0.15) is 22.8 Å². The van der Waals surface area contributed by atoms with Crippen molar-refractivity contribution in [2.24, 2.45) is 0 Å². The van der Waals surface area contributed by atoms with Crippen molar-refractivity contribution < 1.29 is 19.4 Å². The maximum Gasteiger partial charge on any atom is 0.335 e. The van der Waals surface area contributed by atoms with E-state index in [4.69, 9.17) is 9.84 Å². The molecule has 2 N–H and O–H groups in total. The van der Waals surface area contributed by atoms with E-state index in [1.54, 1.807) is 12.1 Å². The van der Waals surface area contributed by atoms with Crippen molar-refractivity contribution in [3.05, 3.63) is 35.4 Å². The van der Waals surface area contributed by atoms with Gasteiger partial charge in [0.05, 0.1) is 18.6 Å². The second-order valence-corrected chi connectivity index (χ2v) is 3.73. The molecule has 98 valence electrons. The number of aromatic carboxylic acids is 1. The van der Waals surface area contributed by atoms with Crippen molar-refractivity contribution in [2.45, 2.75) is 13.3 Å². The number of nitrogens with one attached hydrogen (secondary N) is 1. The van der Waals surface area contributed by atoms with E-state index in [2.05, 4.69) is 5.32 Å². The van der Waals surface area contributed by atoms with Gasteiger partial charge in [0.25, 0.3) is 0 Å². The van der Waals surface area contributed by atoms with Crippen molar-refractivity contribution in [3.63, 3.8) is 0 Å². The number of carbonyl (C=O) groups excluding carboxylic acids is 1. The standard InChI is InChI=1S/C13H17NO4/c1-2-18-8-7-14-12(15)9-10-3-5-11(6-4-10)13(16)17/h3-6H,2,7-9H2,1H3,(H,14,15)(H,16,17). The SMILES string of the molecule is CCOCCNC(=O)Cc1ccc(C(=O)O)cc1. The lowest BCUT2D eigenvalue weighted by atomic mass is 10.1. The smallest absolute Gasteiger partial charge is 0.335 e. The minimum absolute atomic E-state index is 0.0993. The molecule has 1 aromatic rings. The van der Waals surface area contributed by atoms with Gasteiger partial charge in [0.1, 0.15) is 0 Å². The molecular formula is C13H17NO4. The fourth-order valence-corrected chi connectivity index (χ4v) is 1.42. The highest BCUT2D eigenvalue weighted by Gasteiger charge is 2.05. The average Bonchev–Trinajstić information content (AvgIpc) is 2.35. The summed E-state index contributed by atoms with van der Waals surface area (Å²) in [6, 6.07) is 6.27. The normalized spacial score (nSPS) is 10.1. The van der Waals surface area contributed by atoms with Crippen LogP contribution in [0.25, 0.3) is 0 Å². The zero-order valence-corrected chi connectivity index (χ0v) is 10.3. The first-order valence-electron chi connectivity index (χ1n) is 5.80. The number of carboxylic acids is 1. The predicted molar refractivity (Wildman–Crippen MR) is 66.6 cm³/mol. The van der Waals surface area contributed by atoms with E-state index in [1.165, 1.54) is 12.1 Å². The molecule has 0 aromatic heterocycles. The number of ether oxygens (including phenoxy) is 1. The highest BCUT2D eigenvalue weighted by Crippen LogP contribution is 2.05. The zero-order valence-electron chi connectivity index (χ0n) is 10.3. The second-order valence-electron chi connectivity index (χ2n) is 3.73. The Kier molecular flexibility index (Phi) is 5.87. The van der Waals surface area contributed by atoms with Gasteiger partial charge in [0.2, 0.25) is 5.91 Å². The Balaban J connectivity index is 2.37. The van der Waals surface area contributed by atoms with Crippen LogP contribution in [-0.2, 0) is 16.0 Å². The Morgan fingerprint density at radius 2 is 1.94 bits per heavy atom. The molecule has 0 aliphatic heterocycles. The van der Waals surface area contributed by atoms with E-state index in [1.807, 2.05) is 6.92 Å². The fraction of sp³-hybridized carbons (Fsp3) is 0.385. The van der Waals surface area contributed by atoms with E-state index in [0.29, 0.717) is 19.8 Å². The van der Waals surface area contributed by atoms with Crippen LogP contribution in [0.3, 0.4) is 0 Å². The van der Waals surface area contributed by atoms with E-state index in [0.717, 1.165) is 5.56 Å². The van der Waals surface area contributed by atoms with Crippen molar-refractivity contribution in [3.8, 4) is 0 Å². The lowest BCUT2D eigenvalue weighted by molar-refractivity contribution is -0.120. The van der Waals surface area contributed by atoms with Crippen LogP contribution >= 0.6 is 0 Å². The van der Waals surface area contributed by atoms with Gasteiger partial charge >= 0.3 is 5.97 Å². The summed E-state index contributed by atoms with van der Waals surface area (Å²) in [7, 11) is 0. The summed E-state index contributed by atoms with van der Waals surface area (Å²) in [6.07, 6.45) is 0.242. The Morgan fingerprint density at radius 3 is 2.50 bits per heavy atom. The molecule has 1 aromatic carbocycles. The molecule has 1 rings (SSSR count). The van der Waals surface area contributed by atoms with Gasteiger partial charge < -0.3 is 15.2 Å². The lowest BCUT2D eigenvalue weighted by Crippen LogP contribution is -2.28. The Morgan fingerprint density at radius 1 is 1.28 bits per heavy atom. The van der Waals surface area contributed by atoms with Gasteiger partial charge in [-0.3, -0.25) is 4.79 Å². The van der Waals surface area contributed by atoms with E-state index >= 15 is 0 Å². The molecule has 5 nitrogen and oxygen atoms in total. The zero-order chi connectivity index (χ0) is 13.4. The number of carboxylic acid groups (broad SMARTS) is 1. The van der Waals surface area contributed by atoms with Crippen LogP contribution in [0.4, 0.5) is 0 Å². The van der Waals surface area contributed by atoms with Gasteiger partial charge in [0.15, 0.2) is 0 Å². The van der Waals surface area contributed by atoms with Gasteiger partial charge in [-0.25, -0.2) is 4.79 Å². The van der Waals surface area contributed by atoms with Crippen LogP contribution in [0, 0.1) is 0 Å². The number of benzene rings is 1. The van der Waals surface area contributed by atoms with Crippen molar-refractivity contribution >= 4 is 11.9 Å². The fourth-order valence-electron chi connectivity index (χ4n) is 1.42. The summed E-state index contributed by atoms with van der Waals surface area (Å²) in [5.74, 6) is -1.07. The van der Waals surface area contributed by atoms with E-state index < -0.39 is 5.97 Å². The van der Waals surface area contributed by atoms with E-state index in [-0.39, 0.29) is 17.9 Å². The number of hydrogen-bond donors (Lipinski definition) is 2. The third kappa shape index (κ3) is 4.97. The number of hydrogen-bond acceptors (Lipinski definition) is 3. The van der Waals surface area contributed by atoms with Crippen LogP contribution in [0.5, 0.6) is 0 Å². The third-order valence-electron chi connectivity index (χ3n) is 2.34. The van der Waals surface area contributed by atoms with Crippen LogP contribution < -0.4 is 5.32 Å². The van der Waals surface area contributed by atoms with Crippen LogP contribution in [0.2, 0.25) is 0 Å². The molecule has 0 radical (unpaired) electrons. The van der Waals surface area contributed by atoms with Gasteiger partial charge in [0, 0.05) is 13.2 Å². The number of carbonyl (C=O) groups is 2. The minimum atomic E-state index is -0.970. The summed E-state index contributed by atoms with van der Waals surface area (Å²) in [5, 5.41) is 11.5. The third-order valence-corrected chi connectivity index (χ3v) is 2.34. The molecule has 0 saturated carbocycles. The van der Waals surface area contributed by atoms with Crippen LogP contribution in [0.15, 0.2) is 24.3 Å². The maximum absolute atomic E-state index is 11.5. The van der Waals surface area contributed by atoms with E-state index in [9.17, 15) is 9.59 Å². The van der Waals surface area contributed by atoms with Gasteiger partial charge in [-0.2, -0.15) is 0 Å². The second kappa shape index (κ2) is 7.45. The van der Waals surface area contributed by atoms with Crippen LogP contribution in [-0.4, -0.2) is 36.7 Å². The summed E-state index contributed by atoms with van der Waals surface area (Å²) >= 11 is 0. The van der Waals surface area contributed by atoms with Crippen molar-refractivity contribution in [1.82, 2.24) is 5.32 Å². The maximum atomic E-state index is 11.5. The molecule has 0 bridgehead atoms. The van der Waals surface area contributed by atoms with Crippen molar-refractivity contribution in [1.29, 1.82) is 0 Å². The molecule has 0 fully saturated rings. The molecule has 0 aliphatic rings. The topological polar surface area (TPSA) is 75.6 Å².